The van der Waals surface area contributed by atoms with Crippen molar-refractivity contribution in [2.24, 2.45) is 0 Å². The molecule has 0 radical (unpaired) electrons. The number of amides is 2. The summed E-state index contributed by atoms with van der Waals surface area (Å²) in [6, 6.07) is 12.5. The average Bonchev–Trinajstić information content (AvgIpc) is 2.82. The lowest BCUT2D eigenvalue weighted by atomic mass is 10.1. The molecule has 1 heterocycles. The lowest BCUT2D eigenvalue weighted by molar-refractivity contribution is 0.225. The van der Waals surface area contributed by atoms with Gasteiger partial charge >= 0.3 is 6.03 Å². The predicted molar refractivity (Wildman–Crippen MR) is 77.5 cm³/mol. The summed E-state index contributed by atoms with van der Waals surface area (Å²) < 4.78 is 0. The zero-order chi connectivity index (χ0) is 13.7. The second-order valence-corrected chi connectivity index (χ2v) is 5.44. The fourth-order valence-electron chi connectivity index (χ4n) is 1.73. The highest BCUT2D eigenvalue weighted by Crippen LogP contribution is 2.20. The molecule has 0 spiro atoms. The predicted octanol–water partition coefficient (Wildman–Crippen LogP) is 2.91. The van der Waals surface area contributed by atoms with Gasteiger partial charge in [0.2, 0.25) is 0 Å². The van der Waals surface area contributed by atoms with Crippen molar-refractivity contribution in [3.8, 4) is 0 Å². The van der Waals surface area contributed by atoms with Crippen LogP contribution in [0.5, 0.6) is 0 Å². The van der Waals surface area contributed by atoms with Gasteiger partial charge in [0, 0.05) is 4.88 Å². The second kappa shape index (κ2) is 6.36. The standard InChI is InChI=1S/C14H16N2O2S/c1-10-7-8-13(19-10)16-14(18)15-12(9-17)11-5-3-2-4-6-11/h2-8,12,17H,9H2,1H3,(H2,15,16,18). The number of aryl methyl sites for hydroxylation is 1. The van der Waals surface area contributed by atoms with E-state index in [1.165, 1.54) is 11.3 Å². The van der Waals surface area contributed by atoms with Crippen molar-refractivity contribution in [2.75, 3.05) is 11.9 Å². The SMILES string of the molecule is Cc1ccc(NC(=O)NC(CO)c2ccccc2)s1. The Kier molecular flexibility index (Phi) is 4.54. The minimum atomic E-state index is -0.401. The second-order valence-electron chi connectivity index (χ2n) is 4.15. The van der Waals surface area contributed by atoms with Gasteiger partial charge in [-0.25, -0.2) is 4.79 Å². The van der Waals surface area contributed by atoms with Crippen LogP contribution < -0.4 is 10.6 Å². The number of nitrogens with one attached hydrogen (secondary N) is 2. The van der Waals surface area contributed by atoms with Crippen molar-refractivity contribution in [2.45, 2.75) is 13.0 Å². The highest BCUT2D eigenvalue weighted by atomic mass is 32.1. The number of carbonyl (C=O) groups is 1. The summed E-state index contributed by atoms with van der Waals surface area (Å²) >= 11 is 1.51. The Morgan fingerprint density at radius 2 is 2.00 bits per heavy atom. The van der Waals surface area contributed by atoms with E-state index in [1.807, 2.05) is 49.4 Å². The number of aliphatic hydroxyl groups excluding tert-OH is 1. The third-order valence-electron chi connectivity index (χ3n) is 2.67. The number of thiophene rings is 1. The number of hydrogen-bond donors (Lipinski definition) is 3. The number of carbonyl (C=O) groups excluding carboxylic acids is 1. The van der Waals surface area contributed by atoms with Gasteiger partial charge in [-0.2, -0.15) is 0 Å². The van der Waals surface area contributed by atoms with E-state index in [4.69, 9.17) is 0 Å². The number of urea groups is 1. The molecule has 2 amide bonds. The molecule has 1 atom stereocenters. The Hall–Kier alpha value is -1.85. The summed E-state index contributed by atoms with van der Waals surface area (Å²) in [5.41, 5.74) is 0.877. The van der Waals surface area contributed by atoms with Gasteiger partial charge in [0.1, 0.15) is 0 Å². The van der Waals surface area contributed by atoms with Crippen LogP contribution in [0, 0.1) is 6.92 Å². The van der Waals surface area contributed by atoms with E-state index in [9.17, 15) is 9.90 Å². The van der Waals surface area contributed by atoms with Crippen molar-refractivity contribution < 1.29 is 9.90 Å². The number of rotatable bonds is 4. The monoisotopic (exact) mass is 276 g/mol. The molecular formula is C14H16N2O2S. The number of aliphatic hydroxyl groups is 1. The summed E-state index contributed by atoms with van der Waals surface area (Å²) in [4.78, 5) is 13.0. The van der Waals surface area contributed by atoms with Crippen molar-refractivity contribution in [3.63, 3.8) is 0 Å². The molecule has 0 aliphatic carbocycles. The molecule has 0 saturated carbocycles. The smallest absolute Gasteiger partial charge is 0.320 e. The molecule has 2 rings (SSSR count). The molecule has 4 nitrogen and oxygen atoms in total. The van der Waals surface area contributed by atoms with Crippen LogP contribution in [-0.2, 0) is 0 Å². The van der Waals surface area contributed by atoms with Gasteiger partial charge < -0.3 is 10.4 Å². The van der Waals surface area contributed by atoms with Crippen LogP contribution in [0.4, 0.5) is 9.80 Å². The van der Waals surface area contributed by atoms with Crippen molar-refractivity contribution >= 4 is 22.4 Å². The zero-order valence-corrected chi connectivity index (χ0v) is 11.4. The highest BCUT2D eigenvalue weighted by Gasteiger charge is 2.13. The topological polar surface area (TPSA) is 61.4 Å². The maximum atomic E-state index is 11.8. The van der Waals surface area contributed by atoms with Crippen LogP contribution in [-0.4, -0.2) is 17.7 Å². The van der Waals surface area contributed by atoms with E-state index >= 15 is 0 Å². The zero-order valence-electron chi connectivity index (χ0n) is 10.6. The van der Waals surface area contributed by atoms with Crippen LogP contribution >= 0.6 is 11.3 Å². The number of hydrogen-bond acceptors (Lipinski definition) is 3. The molecular weight excluding hydrogens is 260 g/mol. The first-order valence-electron chi connectivity index (χ1n) is 5.99. The molecule has 100 valence electrons. The lowest BCUT2D eigenvalue weighted by Crippen LogP contribution is -2.34. The third-order valence-corrected chi connectivity index (χ3v) is 3.58. The van der Waals surface area contributed by atoms with Crippen LogP contribution in [0.2, 0.25) is 0 Å². The van der Waals surface area contributed by atoms with Crippen molar-refractivity contribution in [1.82, 2.24) is 5.32 Å². The van der Waals surface area contributed by atoms with Crippen LogP contribution in [0.1, 0.15) is 16.5 Å². The summed E-state index contributed by atoms with van der Waals surface area (Å²) in [5.74, 6) is 0. The van der Waals surface area contributed by atoms with E-state index in [0.717, 1.165) is 15.4 Å². The van der Waals surface area contributed by atoms with E-state index in [2.05, 4.69) is 10.6 Å². The largest absolute Gasteiger partial charge is 0.394 e. The van der Waals surface area contributed by atoms with E-state index in [-0.39, 0.29) is 12.6 Å². The molecule has 0 saturated heterocycles. The van der Waals surface area contributed by atoms with Gasteiger partial charge in [-0.1, -0.05) is 30.3 Å². The molecule has 2 aromatic rings. The molecule has 0 bridgehead atoms. The minimum absolute atomic E-state index is 0.138. The van der Waals surface area contributed by atoms with E-state index in [0.29, 0.717) is 0 Å². The molecule has 1 unspecified atom stereocenters. The van der Waals surface area contributed by atoms with Crippen LogP contribution in [0.25, 0.3) is 0 Å². The third kappa shape index (κ3) is 3.81. The fourth-order valence-corrected chi connectivity index (χ4v) is 2.49. The van der Waals surface area contributed by atoms with Crippen LogP contribution in [0.15, 0.2) is 42.5 Å². The lowest BCUT2D eigenvalue weighted by Gasteiger charge is -2.16. The first-order valence-corrected chi connectivity index (χ1v) is 6.80. The maximum Gasteiger partial charge on any atom is 0.320 e. The Morgan fingerprint density at radius 3 is 2.58 bits per heavy atom. The van der Waals surface area contributed by atoms with E-state index < -0.39 is 6.04 Å². The van der Waals surface area contributed by atoms with E-state index in [1.54, 1.807) is 0 Å². The van der Waals surface area contributed by atoms with Gasteiger partial charge in [0.05, 0.1) is 17.6 Å². The summed E-state index contributed by atoms with van der Waals surface area (Å²) in [6.07, 6.45) is 0. The number of benzene rings is 1. The summed E-state index contributed by atoms with van der Waals surface area (Å²) in [5, 5.41) is 15.7. The average molecular weight is 276 g/mol. The van der Waals surface area contributed by atoms with Gasteiger partial charge in [0.25, 0.3) is 0 Å². The van der Waals surface area contributed by atoms with Gasteiger partial charge in [-0.3, -0.25) is 5.32 Å². The first-order chi connectivity index (χ1) is 9.19. The van der Waals surface area contributed by atoms with Crippen molar-refractivity contribution in [3.05, 3.63) is 52.9 Å². The Bertz CT molecular complexity index is 539. The Balaban J connectivity index is 1.97. The Morgan fingerprint density at radius 1 is 1.26 bits per heavy atom. The fraction of sp³-hybridized carbons (Fsp3) is 0.214. The molecule has 3 N–H and O–H groups in total. The van der Waals surface area contributed by atoms with Gasteiger partial charge in [-0.05, 0) is 24.6 Å². The van der Waals surface area contributed by atoms with Gasteiger partial charge in [0.15, 0.2) is 0 Å². The molecule has 0 aliphatic rings. The van der Waals surface area contributed by atoms with Crippen molar-refractivity contribution in [1.29, 1.82) is 0 Å². The molecule has 1 aromatic heterocycles. The maximum absolute atomic E-state index is 11.8. The summed E-state index contributed by atoms with van der Waals surface area (Å²) in [7, 11) is 0. The van der Waals surface area contributed by atoms with Crippen LogP contribution in [0.3, 0.4) is 0 Å². The normalized spacial score (nSPS) is 11.9. The molecule has 1 aromatic carbocycles. The highest BCUT2D eigenvalue weighted by molar-refractivity contribution is 7.16. The molecule has 0 aliphatic heterocycles. The first kappa shape index (κ1) is 13.6. The van der Waals surface area contributed by atoms with Gasteiger partial charge in [-0.15, -0.1) is 11.3 Å². The minimum Gasteiger partial charge on any atom is -0.394 e. The summed E-state index contributed by atoms with van der Waals surface area (Å²) in [6.45, 7) is 1.84. The number of anilines is 1. The quantitative estimate of drug-likeness (QED) is 0.804. The molecule has 0 fully saturated rings. The molecule has 19 heavy (non-hydrogen) atoms. The molecule has 5 heteroatoms. The Labute approximate surface area is 116 Å².